The second kappa shape index (κ2) is 8.87. The fourth-order valence-corrected chi connectivity index (χ4v) is 3.30. The van der Waals surface area contributed by atoms with Crippen LogP contribution in [0.4, 0.5) is 0 Å². The molecule has 152 valence electrons. The van der Waals surface area contributed by atoms with Crippen LogP contribution in [0.25, 0.3) is 10.9 Å². The Balaban J connectivity index is 2.10. The first-order chi connectivity index (χ1) is 13.9. The number of aliphatic hydroxyl groups excluding tert-OH is 1. The number of benzene rings is 2. The third-order valence-corrected chi connectivity index (χ3v) is 5.05. The molecule has 0 aliphatic carbocycles. The number of nitrogens with zero attached hydrogens (tertiary/aromatic N) is 1. The van der Waals surface area contributed by atoms with Gasteiger partial charge >= 0.3 is 5.69 Å². The normalized spacial score (nSPS) is 13.4. The zero-order chi connectivity index (χ0) is 21.0. The molecule has 2 aromatic carbocycles. The van der Waals surface area contributed by atoms with Crippen LogP contribution in [0.5, 0.6) is 0 Å². The van der Waals surface area contributed by atoms with Crippen molar-refractivity contribution in [3.8, 4) is 0 Å². The maximum atomic E-state index is 13.1. The smallest absolute Gasteiger partial charge is 0.329 e. The van der Waals surface area contributed by atoms with E-state index in [1.165, 1.54) is 0 Å². The summed E-state index contributed by atoms with van der Waals surface area (Å²) in [6, 6.07) is 14.4. The number of aliphatic hydroxyl groups is 1. The highest BCUT2D eigenvalue weighted by atomic mass is 16.3. The third kappa shape index (κ3) is 4.46. The van der Waals surface area contributed by atoms with Crippen LogP contribution in [0, 0.1) is 5.92 Å². The molecular formula is C22H25N3O4. The van der Waals surface area contributed by atoms with E-state index >= 15 is 0 Å². The highest BCUT2D eigenvalue weighted by Gasteiger charge is 2.27. The Labute approximate surface area is 168 Å². The Morgan fingerprint density at radius 1 is 1.07 bits per heavy atom. The Morgan fingerprint density at radius 3 is 2.38 bits per heavy atom. The highest BCUT2D eigenvalue weighted by Crippen LogP contribution is 2.14. The van der Waals surface area contributed by atoms with Crippen molar-refractivity contribution in [3.05, 3.63) is 81.0 Å². The number of hydrogen-bond donors (Lipinski definition) is 3. The van der Waals surface area contributed by atoms with Crippen LogP contribution in [0.15, 0.2) is 64.2 Å². The number of nitrogens with one attached hydrogen (secondary N) is 2. The Hall–Kier alpha value is -3.19. The molecule has 0 radical (unpaired) electrons. The number of H-pyrrole nitrogens is 1. The summed E-state index contributed by atoms with van der Waals surface area (Å²) in [5.74, 6) is -0.489. The van der Waals surface area contributed by atoms with E-state index in [9.17, 15) is 19.5 Å². The van der Waals surface area contributed by atoms with Crippen LogP contribution in [0.2, 0.25) is 0 Å². The summed E-state index contributed by atoms with van der Waals surface area (Å²) in [7, 11) is 0. The molecule has 7 heteroatoms. The first kappa shape index (κ1) is 20.5. The molecule has 0 aliphatic rings. The molecule has 2 unspecified atom stereocenters. The molecule has 0 bridgehead atoms. The van der Waals surface area contributed by atoms with Crippen molar-refractivity contribution in [2.75, 3.05) is 6.61 Å². The van der Waals surface area contributed by atoms with Crippen molar-refractivity contribution in [2.45, 2.75) is 32.4 Å². The van der Waals surface area contributed by atoms with Gasteiger partial charge in [-0.05, 0) is 23.6 Å². The lowest BCUT2D eigenvalue weighted by atomic mass is 10.0. The number of aromatic nitrogens is 2. The van der Waals surface area contributed by atoms with E-state index in [2.05, 4.69) is 10.3 Å². The van der Waals surface area contributed by atoms with Crippen molar-refractivity contribution >= 4 is 16.8 Å². The zero-order valence-corrected chi connectivity index (χ0v) is 16.5. The predicted molar refractivity (Wildman–Crippen MR) is 112 cm³/mol. The summed E-state index contributed by atoms with van der Waals surface area (Å²) in [5.41, 5.74) is 0.0747. The number of fused-ring (bicyclic) bond motifs is 1. The molecule has 0 saturated heterocycles. The summed E-state index contributed by atoms with van der Waals surface area (Å²) in [4.78, 5) is 41.7. The number of rotatable bonds is 7. The van der Waals surface area contributed by atoms with Gasteiger partial charge in [0.1, 0.15) is 6.04 Å². The Bertz CT molecular complexity index is 1100. The van der Waals surface area contributed by atoms with Gasteiger partial charge in [0.05, 0.1) is 23.6 Å². The van der Waals surface area contributed by atoms with E-state index in [4.69, 9.17) is 0 Å². The molecule has 7 nitrogen and oxygen atoms in total. The summed E-state index contributed by atoms with van der Waals surface area (Å²) in [6.07, 6.45) is 0.171. The average Bonchev–Trinajstić information content (AvgIpc) is 2.71. The van der Waals surface area contributed by atoms with Crippen LogP contribution in [-0.4, -0.2) is 33.2 Å². The van der Waals surface area contributed by atoms with Crippen molar-refractivity contribution in [1.29, 1.82) is 0 Å². The van der Waals surface area contributed by atoms with Gasteiger partial charge in [-0.15, -0.1) is 0 Å². The van der Waals surface area contributed by atoms with Crippen molar-refractivity contribution < 1.29 is 9.90 Å². The molecule has 0 fully saturated rings. The van der Waals surface area contributed by atoms with Crippen molar-refractivity contribution in [2.24, 2.45) is 5.92 Å². The lowest BCUT2D eigenvalue weighted by Crippen LogP contribution is -2.49. The Morgan fingerprint density at radius 2 is 1.72 bits per heavy atom. The minimum Gasteiger partial charge on any atom is -0.394 e. The van der Waals surface area contributed by atoms with Gasteiger partial charge in [0.15, 0.2) is 0 Å². The van der Waals surface area contributed by atoms with Gasteiger partial charge < -0.3 is 15.4 Å². The van der Waals surface area contributed by atoms with Gasteiger partial charge in [-0.3, -0.25) is 9.59 Å². The number of amides is 1. The third-order valence-electron chi connectivity index (χ3n) is 5.05. The van der Waals surface area contributed by atoms with E-state index < -0.39 is 29.2 Å². The van der Waals surface area contributed by atoms with E-state index in [0.29, 0.717) is 10.9 Å². The first-order valence-electron chi connectivity index (χ1n) is 9.61. The number of aromatic amines is 1. The fourth-order valence-electron chi connectivity index (χ4n) is 3.30. The number of hydrogen-bond acceptors (Lipinski definition) is 4. The largest absolute Gasteiger partial charge is 0.394 e. The molecule has 1 amide bonds. The van der Waals surface area contributed by atoms with Crippen LogP contribution >= 0.6 is 0 Å². The quantitative estimate of drug-likeness (QED) is 0.565. The van der Waals surface area contributed by atoms with Crippen molar-refractivity contribution in [1.82, 2.24) is 14.9 Å². The van der Waals surface area contributed by atoms with Gasteiger partial charge in [-0.25, -0.2) is 9.36 Å². The Kier molecular flexibility index (Phi) is 6.29. The summed E-state index contributed by atoms with van der Waals surface area (Å²) in [6.45, 7) is 3.52. The molecule has 29 heavy (non-hydrogen) atoms. The summed E-state index contributed by atoms with van der Waals surface area (Å²) in [5, 5.41) is 12.7. The van der Waals surface area contributed by atoms with Crippen LogP contribution < -0.4 is 16.6 Å². The van der Waals surface area contributed by atoms with E-state index in [1.807, 2.05) is 44.2 Å². The average molecular weight is 395 g/mol. The monoisotopic (exact) mass is 395 g/mol. The molecule has 0 saturated carbocycles. The lowest BCUT2D eigenvalue weighted by Gasteiger charge is -2.25. The van der Waals surface area contributed by atoms with Crippen LogP contribution in [0.3, 0.4) is 0 Å². The van der Waals surface area contributed by atoms with Crippen LogP contribution in [0.1, 0.15) is 25.5 Å². The molecule has 3 N–H and O–H groups in total. The first-order valence-corrected chi connectivity index (χ1v) is 9.61. The molecule has 1 aromatic heterocycles. The number of carbonyl (C=O) groups is 1. The van der Waals surface area contributed by atoms with Gasteiger partial charge in [-0.1, -0.05) is 56.3 Å². The second-order valence-corrected chi connectivity index (χ2v) is 7.40. The van der Waals surface area contributed by atoms with E-state index in [1.54, 1.807) is 24.3 Å². The zero-order valence-electron chi connectivity index (χ0n) is 16.5. The molecule has 0 aliphatic heterocycles. The molecule has 3 aromatic rings. The number of carbonyl (C=O) groups excluding carboxylic acids is 1. The van der Waals surface area contributed by atoms with Gasteiger partial charge in [0.2, 0.25) is 5.91 Å². The number of para-hydroxylation sites is 1. The van der Waals surface area contributed by atoms with E-state index in [-0.39, 0.29) is 18.9 Å². The molecule has 2 atom stereocenters. The second-order valence-electron chi connectivity index (χ2n) is 7.40. The molecule has 1 heterocycles. The van der Waals surface area contributed by atoms with Crippen molar-refractivity contribution in [3.63, 3.8) is 0 Å². The van der Waals surface area contributed by atoms with Gasteiger partial charge in [-0.2, -0.15) is 0 Å². The standard InChI is InChI=1S/C22H25N3O4/c1-14(2)18(13-26)23-20(27)19(12-15-8-4-3-5-9-15)25-21(28)16-10-6-7-11-17(16)24-22(25)29/h3-11,14,18-19,26H,12-13H2,1-2H3,(H,23,27)(H,24,29). The SMILES string of the molecule is CC(C)C(CO)NC(=O)C(Cc1ccccc1)n1c(=O)[nH]c2ccccc2c1=O. The molecular weight excluding hydrogens is 370 g/mol. The predicted octanol–water partition coefficient (Wildman–Crippen LogP) is 1.61. The summed E-state index contributed by atoms with van der Waals surface area (Å²) < 4.78 is 0.972. The maximum Gasteiger partial charge on any atom is 0.329 e. The van der Waals surface area contributed by atoms with Gasteiger partial charge in [0, 0.05) is 6.42 Å². The minimum absolute atomic E-state index is 0.00654. The topological polar surface area (TPSA) is 104 Å². The minimum atomic E-state index is -1.05. The lowest BCUT2D eigenvalue weighted by molar-refractivity contribution is -0.125. The maximum absolute atomic E-state index is 13.1. The molecule has 3 rings (SSSR count). The fraction of sp³-hybridized carbons (Fsp3) is 0.318. The summed E-state index contributed by atoms with van der Waals surface area (Å²) >= 11 is 0. The van der Waals surface area contributed by atoms with Gasteiger partial charge in [0.25, 0.3) is 5.56 Å². The van der Waals surface area contributed by atoms with E-state index in [0.717, 1.165) is 10.1 Å². The molecule has 0 spiro atoms. The van der Waals surface area contributed by atoms with Crippen LogP contribution in [-0.2, 0) is 11.2 Å². The highest BCUT2D eigenvalue weighted by molar-refractivity contribution is 5.82.